The van der Waals surface area contributed by atoms with Gasteiger partial charge in [-0.2, -0.15) is 0 Å². The molecule has 0 unspecified atom stereocenters. The Hall–Kier alpha value is -2.49. The van der Waals surface area contributed by atoms with Crippen LogP contribution in [0.2, 0.25) is 0 Å². The van der Waals surface area contributed by atoms with Gasteiger partial charge in [0.2, 0.25) is 5.91 Å². The SMILES string of the molecule is NC(=O)CNC(=O)c1ccc(NC(=O)c2cc(F)ccc2I)cc1. The number of hydrogen-bond acceptors (Lipinski definition) is 3. The van der Waals surface area contributed by atoms with Crippen LogP contribution in [0, 0.1) is 9.39 Å². The van der Waals surface area contributed by atoms with Gasteiger partial charge in [-0.1, -0.05) is 0 Å². The Kier molecular flexibility index (Phi) is 5.85. The van der Waals surface area contributed by atoms with Gasteiger partial charge in [0.1, 0.15) is 5.82 Å². The summed E-state index contributed by atoms with van der Waals surface area (Å²) < 4.78 is 13.9. The molecule has 0 aromatic heterocycles. The van der Waals surface area contributed by atoms with Crippen LogP contribution in [-0.4, -0.2) is 24.3 Å². The van der Waals surface area contributed by atoms with Crippen LogP contribution in [0.3, 0.4) is 0 Å². The number of anilines is 1. The average Bonchev–Trinajstić information content (AvgIpc) is 2.55. The lowest BCUT2D eigenvalue weighted by Gasteiger charge is -2.08. The molecule has 0 saturated carbocycles. The minimum absolute atomic E-state index is 0.221. The van der Waals surface area contributed by atoms with E-state index in [2.05, 4.69) is 10.6 Å². The van der Waals surface area contributed by atoms with E-state index in [-0.39, 0.29) is 12.1 Å². The van der Waals surface area contributed by atoms with E-state index in [0.29, 0.717) is 14.8 Å². The normalized spacial score (nSPS) is 10.1. The van der Waals surface area contributed by atoms with Gasteiger partial charge in [-0.25, -0.2) is 4.39 Å². The molecule has 0 fully saturated rings. The maximum atomic E-state index is 13.3. The molecule has 0 heterocycles. The number of amides is 3. The Morgan fingerprint density at radius 2 is 1.71 bits per heavy atom. The van der Waals surface area contributed by atoms with Crippen molar-refractivity contribution in [1.29, 1.82) is 0 Å². The van der Waals surface area contributed by atoms with E-state index in [9.17, 15) is 18.8 Å². The highest BCUT2D eigenvalue weighted by Gasteiger charge is 2.12. The minimum atomic E-state index is -0.642. The Bertz CT molecular complexity index is 794. The van der Waals surface area contributed by atoms with E-state index in [0.717, 1.165) is 6.07 Å². The van der Waals surface area contributed by atoms with E-state index in [1.807, 2.05) is 22.6 Å². The number of nitrogens with one attached hydrogen (secondary N) is 2. The Morgan fingerprint density at radius 1 is 1.04 bits per heavy atom. The lowest BCUT2D eigenvalue weighted by molar-refractivity contribution is -0.117. The smallest absolute Gasteiger partial charge is 0.256 e. The van der Waals surface area contributed by atoms with Crippen LogP contribution >= 0.6 is 22.6 Å². The summed E-state index contributed by atoms with van der Waals surface area (Å²) in [6, 6.07) is 9.98. The summed E-state index contributed by atoms with van der Waals surface area (Å²) in [6.07, 6.45) is 0. The van der Waals surface area contributed by atoms with Crippen LogP contribution in [0.1, 0.15) is 20.7 Å². The second-order valence-corrected chi connectivity index (χ2v) is 5.97. The summed E-state index contributed by atoms with van der Waals surface area (Å²) in [4.78, 5) is 34.5. The molecule has 0 aliphatic heterocycles. The van der Waals surface area contributed by atoms with Crippen LogP contribution in [-0.2, 0) is 4.79 Å². The van der Waals surface area contributed by atoms with Gasteiger partial charge in [0.05, 0.1) is 12.1 Å². The number of carbonyl (C=O) groups is 3. The molecule has 2 aromatic carbocycles. The molecule has 6 nitrogen and oxygen atoms in total. The van der Waals surface area contributed by atoms with Crippen LogP contribution in [0.5, 0.6) is 0 Å². The standard InChI is InChI=1S/C16H13FIN3O3/c17-10-3-6-13(18)12(7-10)16(24)21-11-4-1-9(2-5-11)15(23)20-8-14(19)22/h1-7H,8H2,(H2,19,22)(H,20,23)(H,21,24). The molecule has 3 amide bonds. The maximum Gasteiger partial charge on any atom is 0.256 e. The first-order chi connectivity index (χ1) is 11.4. The van der Waals surface area contributed by atoms with Gasteiger partial charge in [-0.15, -0.1) is 0 Å². The largest absolute Gasteiger partial charge is 0.368 e. The molecular formula is C16H13FIN3O3. The first kappa shape index (κ1) is 17.9. The zero-order valence-electron chi connectivity index (χ0n) is 12.3. The van der Waals surface area contributed by atoms with Crippen LogP contribution in [0.25, 0.3) is 0 Å². The fraction of sp³-hybridized carbons (Fsp3) is 0.0625. The van der Waals surface area contributed by atoms with E-state index >= 15 is 0 Å². The van der Waals surface area contributed by atoms with Crippen molar-refractivity contribution < 1.29 is 18.8 Å². The fourth-order valence-electron chi connectivity index (χ4n) is 1.84. The summed E-state index contributed by atoms with van der Waals surface area (Å²) in [7, 11) is 0. The van der Waals surface area contributed by atoms with Crippen molar-refractivity contribution in [2.75, 3.05) is 11.9 Å². The molecular weight excluding hydrogens is 428 g/mol. The van der Waals surface area contributed by atoms with Gasteiger partial charge < -0.3 is 16.4 Å². The summed E-state index contributed by atoms with van der Waals surface area (Å²) in [5, 5.41) is 4.98. The zero-order valence-corrected chi connectivity index (χ0v) is 14.5. The quantitative estimate of drug-likeness (QED) is 0.618. The van der Waals surface area contributed by atoms with Crippen molar-refractivity contribution in [3.05, 3.63) is 63.0 Å². The van der Waals surface area contributed by atoms with Crippen molar-refractivity contribution in [3.63, 3.8) is 0 Å². The summed E-state index contributed by atoms with van der Waals surface area (Å²) in [5.74, 6) is -2.05. The third-order valence-corrected chi connectivity index (χ3v) is 3.94. The predicted octanol–water partition coefficient (Wildman–Crippen LogP) is 1.90. The van der Waals surface area contributed by atoms with Gasteiger partial charge in [-0.05, 0) is 65.1 Å². The minimum Gasteiger partial charge on any atom is -0.368 e. The van der Waals surface area contributed by atoms with Crippen LogP contribution in [0.15, 0.2) is 42.5 Å². The highest BCUT2D eigenvalue weighted by Crippen LogP contribution is 2.17. The summed E-state index contributed by atoms with van der Waals surface area (Å²) >= 11 is 1.95. The molecule has 0 aliphatic rings. The van der Waals surface area contributed by atoms with Crippen molar-refractivity contribution in [2.45, 2.75) is 0 Å². The monoisotopic (exact) mass is 441 g/mol. The molecule has 4 N–H and O–H groups in total. The van der Waals surface area contributed by atoms with Crippen LogP contribution in [0.4, 0.5) is 10.1 Å². The number of benzene rings is 2. The van der Waals surface area contributed by atoms with Gasteiger partial charge in [-0.3, -0.25) is 14.4 Å². The second-order valence-electron chi connectivity index (χ2n) is 4.80. The second kappa shape index (κ2) is 7.86. The number of nitrogens with two attached hydrogens (primary N) is 1. The molecule has 2 aromatic rings. The third-order valence-electron chi connectivity index (χ3n) is 3.00. The molecule has 2 rings (SSSR count). The van der Waals surface area contributed by atoms with Crippen molar-refractivity contribution >= 4 is 46.0 Å². The van der Waals surface area contributed by atoms with Gasteiger partial charge in [0, 0.05) is 14.8 Å². The number of primary amides is 1. The third kappa shape index (κ3) is 4.75. The van der Waals surface area contributed by atoms with E-state index < -0.39 is 23.5 Å². The first-order valence-electron chi connectivity index (χ1n) is 6.80. The molecule has 24 heavy (non-hydrogen) atoms. The van der Waals surface area contributed by atoms with E-state index in [1.54, 1.807) is 0 Å². The highest BCUT2D eigenvalue weighted by molar-refractivity contribution is 14.1. The van der Waals surface area contributed by atoms with Crippen molar-refractivity contribution in [3.8, 4) is 0 Å². The van der Waals surface area contributed by atoms with Crippen molar-refractivity contribution in [1.82, 2.24) is 5.32 Å². The van der Waals surface area contributed by atoms with Gasteiger partial charge in [0.25, 0.3) is 11.8 Å². The van der Waals surface area contributed by atoms with Crippen molar-refractivity contribution in [2.24, 2.45) is 5.73 Å². The zero-order chi connectivity index (χ0) is 17.7. The topological polar surface area (TPSA) is 101 Å². The molecule has 8 heteroatoms. The number of hydrogen-bond donors (Lipinski definition) is 3. The molecule has 0 radical (unpaired) electrons. The van der Waals surface area contributed by atoms with Crippen LogP contribution < -0.4 is 16.4 Å². The molecule has 0 spiro atoms. The Balaban J connectivity index is 2.06. The number of carbonyl (C=O) groups excluding carboxylic acids is 3. The van der Waals surface area contributed by atoms with E-state index in [1.165, 1.54) is 36.4 Å². The Morgan fingerprint density at radius 3 is 2.33 bits per heavy atom. The highest BCUT2D eigenvalue weighted by atomic mass is 127. The molecule has 0 aliphatic carbocycles. The fourth-order valence-corrected chi connectivity index (χ4v) is 2.42. The van der Waals surface area contributed by atoms with Gasteiger partial charge in [0.15, 0.2) is 0 Å². The lowest BCUT2D eigenvalue weighted by Crippen LogP contribution is -2.33. The summed E-state index contributed by atoms with van der Waals surface area (Å²) in [6.45, 7) is -0.255. The molecule has 124 valence electrons. The molecule has 0 atom stereocenters. The average molecular weight is 441 g/mol. The first-order valence-corrected chi connectivity index (χ1v) is 7.87. The molecule has 0 saturated heterocycles. The maximum absolute atomic E-state index is 13.3. The van der Waals surface area contributed by atoms with Gasteiger partial charge >= 0.3 is 0 Å². The van der Waals surface area contributed by atoms with E-state index in [4.69, 9.17) is 5.73 Å². The Labute approximate surface area is 150 Å². The number of rotatable bonds is 5. The predicted molar refractivity (Wildman–Crippen MR) is 95.0 cm³/mol. The lowest BCUT2D eigenvalue weighted by atomic mass is 10.1. The summed E-state index contributed by atoms with van der Waals surface area (Å²) in [5.41, 5.74) is 5.93. The number of halogens is 2. The molecule has 0 bridgehead atoms.